The van der Waals surface area contributed by atoms with Crippen molar-refractivity contribution in [1.29, 1.82) is 0 Å². The first-order valence-electron chi connectivity index (χ1n) is 22.5. The fraction of sp³-hybridized carbons (Fsp3) is 0.392. The maximum atomic E-state index is 12.8. The van der Waals surface area contributed by atoms with E-state index in [1.165, 1.54) is 38.5 Å². The Morgan fingerprint density at radius 2 is 1.33 bits per heavy atom. The number of rotatable bonds is 7. The average Bonchev–Trinajstić information content (AvgIpc) is 3.43. The molecule has 2 heterocycles. The van der Waals surface area contributed by atoms with Crippen molar-refractivity contribution in [3.63, 3.8) is 0 Å². The molecule has 1 amide bonds. The molecule has 0 saturated heterocycles. The zero-order valence-electron chi connectivity index (χ0n) is 36.6. The molecule has 0 bridgehead atoms. The lowest BCUT2D eigenvalue weighted by Gasteiger charge is -2.32. The number of nitrogens with one attached hydrogen (secondary N) is 1. The van der Waals surface area contributed by atoms with Gasteiger partial charge in [-0.15, -0.1) is 0 Å². The van der Waals surface area contributed by atoms with Gasteiger partial charge in [-0.3, -0.25) is 14.4 Å². The largest absolute Gasteiger partial charge is 0.462 e. The van der Waals surface area contributed by atoms with Gasteiger partial charge in [-0.1, -0.05) is 61.7 Å². The highest BCUT2D eigenvalue weighted by Gasteiger charge is 2.30. The van der Waals surface area contributed by atoms with Gasteiger partial charge >= 0.3 is 11.9 Å². The Hall–Kier alpha value is -5.49. The third kappa shape index (κ3) is 10.9. The number of esters is 2. The molecular weight excluding hydrogens is 851 g/mol. The topological polar surface area (TPSA) is 150 Å². The molecule has 0 radical (unpaired) electrons. The quantitative estimate of drug-likeness (QED) is 0.0704. The number of Topliss-reactive ketones (excluding diaryl/α,β-unsaturated/α-hetero) is 2. The van der Waals surface area contributed by atoms with Gasteiger partial charge in [0.15, 0.2) is 5.78 Å². The number of aromatic nitrogens is 1. The Morgan fingerprint density at radius 1 is 0.719 bits per heavy atom. The first-order chi connectivity index (χ1) is 30.9. The highest BCUT2D eigenvalue weighted by atomic mass is 35.5. The van der Waals surface area contributed by atoms with Crippen LogP contribution in [0.25, 0.3) is 22.2 Å². The number of hydrogen-bond acceptors (Lipinski definition) is 9. The molecule has 5 aromatic rings. The highest BCUT2D eigenvalue weighted by Crippen LogP contribution is 2.45. The van der Waals surface area contributed by atoms with Crippen LogP contribution in [0.5, 0.6) is 0 Å². The molecule has 64 heavy (non-hydrogen) atoms. The monoisotopic (exact) mass is 906 g/mol. The number of nitrogens with two attached hydrogens (primary N) is 1. The van der Waals surface area contributed by atoms with Crippen LogP contribution in [-0.4, -0.2) is 53.2 Å². The van der Waals surface area contributed by atoms with Gasteiger partial charge in [0.25, 0.3) is 0 Å². The van der Waals surface area contributed by atoms with Crippen LogP contribution in [-0.2, 0) is 31.9 Å². The maximum absolute atomic E-state index is 12.8. The normalized spacial score (nSPS) is 16.3. The van der Waals surface area contributed by atoms with E-state index in [0.717, 1.165) is 70.3 Å². The zero-order chi connectivity index (χ0) is 45.3. The van der Waals surface area contributed by atoms with Gasteiger partial charge in [0, 0.05) is 63.4 Å². The number of ketones is 2. The summed E-state index contributed by atoms with van der Waals surface area (Å²) in [5, 5.41) is 6.98. The molecule has 336 valence electrons. The first kappa shape index (κ1) is 46.5. The third-order valence-corrected chi connectivity index (χ3v) is 12.9. The second-order valence-electron chi connectivity index (χ2n) is 16.8. The minimum Gasteiger partial charge on any atom is -0.462 e. The SMILES string of the molecule is CCOC(=O)c1ccc(N(N)C2CCCCC2)cc1.CCOC(=O)c1ccc2c(c1)c1c(n2C2CCCCC2)-c2ccc(Cl)cc2NC(=O)C1.O=C1CCC(=O)c2ccc(Cl)cc2C1. The van der Waals surface area contributed by atoms with Crippen LogP contribution in [0.4, 0.5) is 11.4 Å². The van der Waals surface area contributed by atoms with Crippen molar-refractivity contribution in [2.24, 2.45) is 5.84 Å². The first-order valence-corrected chi connectivity index (χ1v) is 23.3. The second-order valence-corrected chi connectivity index (χ2v) is 17.6. The Labute approximate surface area is 384 Å². The molecule has 13 heteroatoms. The van der Waals surface area contributed by atoms with Crippen LogP contribution in [0.1, 0.15) is 139 Å². The van der Waals surface area contributed by atoms with Crippen molar-refractivity contribution < 1.29 is 33.4 Å². The summed E-state index contributed by atoms with van der Waals surface area (Å²) in [5.41, 5.74) is 8.27. The smallest absolute Gasteiger partial charge is 0.338 e. The molecule has 9 rings (SSSR count). The summed E-state index contributed by atoms with van der Waals surface area (Å²) in [6.07, 6.45) is 13.3. The summed E-state index contributed by atoms with van der Waals surface area (Å²) in [7, 11) is 0. The van der Waals surface area contributed by atoms with Crippen LogP contribution in [0.2, 0.25) is 10.0 Å². The van der Waals surface area contributed by atoms with Crippen LogP contribution < -0.4 is 16.2 Å². The molecule has 1 aliphatic heterocycles. The minimum absolute atomic E-state index is 0.0440. The predicted octanol–water partition coefficient (Wildman–Crippen LogP) is 11.4. The number of ether oxygens (including phenoxy) is 2. The van der Waals surface area contributed by atoms with Crippen LogP contribution in [0, 0.1) is 0 Å². The molecule has 0 spiro atoms. The number of carbonyl (C=O) groups excluding carboxylic acids is 5. The number of hydrazine groups is 1. The lowest BCUT2D eigenvalue weighted by atomic mass is 9.94. The van der Waals surface area contributed by atoms with Gasteiger partial charge in [-0.25, -0.2) is 15.4 Å². The standard InChI is InChI=1S/C25H25ClN2O3.C15H22N2O2.C11H9ClO2/c1-2-31-25(30)15-8-11-22-19(12-15)20-14-23(29)27-21-13-16(26)9-10-18(21)24(20)28(22)17-6-4-3-5-7-17;1-2-19-15(18)12-8-10-14(11-9-12)17(16)13-6-4-3-5-7-13;12-8-1-3-10-7(5-8)6-9(13)2-4-11(10)14/h8-13,17H,2-7,14H2,1H3,(H,27,29);8-11,13H,2-7,16H2,1H3;1,3,5H,2,4,6H2. The number of anilines is 2. The fourth-order valence-corrected chi connectivity index (χ4v) is 9.68. The Morgan fingerprint density at radius 3 is 2.00 bits per heavy atom. The summed E-state index contributed by atoms with van der Waals surface area (Å²) in [5.74, 6) is 5.63. The molecule has 1 aromatic heterocycles. The second kappa shape index (κ2) is 21.5. The summed E-state index contributed by atoms with van der Waals surface area (Å²) >= 11 is 12.1. The molecule has 0 unspecified atom stereocenters. The molecule has 2 saturated carbocycles. The van der Waals surface area contributed by atoms with E-state index < -0.39 is 0 Å². The number of nitrogens with zero attached hydrogens (tertiary/aromatic N) is 2. The van der Waals surface area contributed by atoms with Crippen molar-refractivity contribution in [3.8, 4) is 11.3 Å². The molecule has 3 aliphatic carbocycles. The molecule has 0 atom stereocenters. The number of amides is 1. The van der Waals surface area contributed by atoms with E-state index >= 15 is 0 Å². The molecule has 3 N–H and O–H groups in total. The van der Waals surface area contributed by atoms with Crippen LogP contribution >= 0.6 is 23.2 Å². The van der Waals surface area contributed by atoms with E-state index in [1.807, 2.05) is 53.5 Å². The number of carbonyl (C=O) groups is 5. The zero-order valence-corrected chi connectivity index (χ0v) is 38.1. The molecular formula is C51H56Cl2N4O7. The van der Waals surface area contributed by atoms with Gasteiger partial charge in [0.2, 0.25) is 5.91 Å². The van der Waals surface area contributed by atoms with E-state index in [1.54, 1.807) is 44.2 Å². The fourth-order valence-electron chi connectivity index (χ4n) is 9.32. The van der Waals surface area contributed by atoms with Crippen molar-refractivity contribution in [3.05, 3.63) is 117 Å². The summed E-state index contributed by atoms with van der Waals surface area (Å²) in [6.45, 7) is 4.33. The number of benzene rings is 4. The molecule has 4 aromatic carbocycles. The van der Waals surface area contributed by atoms with E-state index in [4.69, 9.17) is 38.5 Å². The highest BCUT2D eigenvalue weighted by molar-refractivity contribution is 6.31. The summed E-state index contributed by atoms with van der Waals surface area (Å²) < 4.78 is 12.6. The summed E-state index contributed by atoms with van der Waals surface area (Å²) in [4.78, 5) is 59.7. The van der Waals surface area contributed by atoms with Gasteiger partial charge in [-0.2, -0.15) is 0 Å². The van der Waals surface area contributed by atoms with Crippen LogP contribution in [0.3, 0.4) is 0 Å². The van der Waals surface area contributed by atoms with E-state index in [2.05, 4.69) is 9.88 Å². The Bertz CT molecular complexity index is 2520. The van der Waals surface area contributed by atoms with Crippen molar-refractivity contribution in [2.45, 2.75) is 116 Å². The van der Waals surface area contributed by atoms with Gasteiger partial charge in [-0.05, 0) is 130 Å². The molecule has 11 nitrogen and oxygen atoms in total. The van der Waals surface area contributed by atoms with Crippen molar-refractivity contribution >= 4 is 74.9 Å². The van der Waals surface area contributed by atoms with Crippen molar-refractivity contribution in [1.82, 2.24) is 4.57 Å². The number of fused-ring (bicyclic) bond motifs is 6. The predicted molar refractivity (Wildman–Crippen MR) is 252 cm³/mol. The van der Waals surface area contributed by atoms with Gasteiger partial charge < -0.3 is 24.4 Å². The molecule has 4 aliphatic rings. The average molecular weight is 908 g/mol. The van der Waals surface area contributed by atoms with Crippen molar-refractivity contribution in [2.75, 3.05) is 23.5 Å². The number of halogens is 2. The summed E-state index contributed by atoms with van der Waals surface area (Å²) in [6, 6.07) is 24.6. The number of hydrogen-bond donors (Lipinski definition) is 2. The third-order valence-electron chi connectivity index (χ3n) is 12.4. The van der Waals surface area contributed by atoms with E-state index in [-0.39, 0.29) is 35.8 Å². The van der Waals surface area contributed by atoms with Gasteiger partial charge in [0.1, 0.15) is 5.78 Å². The van der Waals surface area contributed by atoms with Gasteiger partial charge in [0.05, 0.1) is 47.8 Å². The van der Waals surface area contributed by atoms with Crippen LogP contribution in [0.15, 0.2) is 78.9 Å². The lowest BCUT2D eigenvalue weighted by Crippen LogP contribution is -2.42. The Kier molecular flexibility index (Phi) is 15.6. The lowest BCUT2D eigenvalue weighted by molar-refractivity contribution is -0.118. The molecule has 2 fully saturated rings. The van der Waals surface area contributed by atoms with E-state index in [0.29, 0.717) is 71.3 Å². The minimum atomic E-state index is -0.339. The Balaban J connectivity index is 0.000000158. The maximum Gasteiger partial charge on any atom is 0.338 e. The van der Waals surface area contributed by atoms with E-state index in [9.17, 15) is 24.0 Å².